The predicted molar refractivity (Wildman–Crippen MR) is 61.5 cm³/mol. The normalized spacial score (nSPS) is 13.4. The van der Waals surface area contributed by atoms with Crippen LogP contribution in [0.3, 0.4) is 0 Å². The van der Waals surface area contributed by atoms with Crippen LogP contribution in [0, 0.1) is 5.92 Å². The molecule has 0 aromatic carbocycles. The molecule has 2 atom stereocenters. The third-order valence-electron chi connectivity index (χ3n) is 2.45. The van der Waals surface area contributed by atoms with E-state index in [0.29, 0.717) is 6.42 Å². The maximum atomic E-state index is 11.3. The summed E-state index contributed by atoms with van der Waals surface area (Å²) in [5.41, 5.74) is 0. The van der Waals surface area contributed by atoms with Crippen LogP contribution in [0.2, 0.25) is 0 Å². The highest BCUT2D eigenvalue weighted by Gasteiger charge is 2.25. The van der Waals surface area contributed by atoms with Crippen LogP contribution in [-0.4, -0.2) is 42.6 Å². The van der Waals surface area contributed by atoms with Crippen LogP contribution >= 0.6 is 0 Å². The Morgan fingerprint density at radius 3 is 2.29 bits per heavy atom. The minimum Gasteiger partial charge on any atom is -0.480 e. The lowest BCUT2D eigenvalue weighted by molar-refractivity contribution is -0.140. The number of carboxylic acid groups (broad SMARTS) is 1. The molecule has 98 valence electrons. The van der Waals surface area contributed by atoms with Gasteiger partial charge in [-0.25, -0.2) is 9.59 Å². The summed E-state index contributed by atoms with van der Waals surface area (Å²) in [5, 5.41) is 15.8. The van der Waals surface area contributed by atoms with Gasteiger partial charge in [-0.1, -0.05) is 20.3 Å². The number of hydrogen-bond donors (Lipinski definition) is 4. The molecule has 0 unspecified atom stereocenters. The molecule has 0 saturated heterocycles. The standard InChI is InChI=1S/C10H19N3O4/c1-4-6(2)8(9(15)16)13-10(17)12-5-7(14)11-3/h6,8H,4-5H2,1-3H3,(H,11,14)(H,15,16)(H2,12,13,17)/t6-,8-/m0/s1. The van der Waals surface area contributed by atoms with E-state index in [-0.39, 0.29) is 18.4 Å². The third-order valence-corrected chi connectivity index (χ3v) is 2.45. The second kappa shape index (κ2) is 7.48. The second-order valence-electron chi connectivity index (χ2n) is 3.70. The van der Waals surface area contributed by atoms with Crippen LogP contribution in [0.25, 0.3) is 0 Å². The molecule has 0 heterocycles. The molecule has 0 aliphatic carbocycles. The van der Waals surface area contributed by atoms with E-state index in [9.17, 15) is 14.4 Å². The smallest absolute Gasteiger partial charge is 0.326 e. The molecular weight excluding hydrogens is 226 g/mol. The van der Waals surface area contributed by atoms with E-state index in [1.165, 1.54) is 7.05 Å². The Labute approximate surface area is 100.0 Å². The fraction of sp³-hybridized carbons (Fsp3) is 0.700. The molecule has 0 aliphatic heterocycles. The highest BCUT2D eigenvalue weighted by molar-refractivity contribution is 5.86. The minimum atomic E-state index is -1.09. The van der Waals surface area contributed by atoms with Crippen LogP contribution < -0.4 is 16.0 Å². The summed E-state index contributed by atoms with van der Waals surface area (Å²) in [6, 6.07) is -1.62. The van der Waals surface area contributed by atoms with Gasteiger partial charge in [0.1, 0.15) is 6.04 Å². The molecule has 0 aliphatic rings. The number of carbonyl (C=O) groups is 3. The zero-order valence-corrected chi connectivity index (χ0v) is 10.2. The number of carboxylic acids is 1. The number of carbonyl (C=O) groups excluding carboxylic acids is 2. The fourth-order valence-electron chi connectivity index (χ4n) is 1.12. The van der Waals surface area contributed by atoms with E-state index >= 15 is 0 Å². The molecule has 0 aromatic heterocycles. The lowest BCUT2D eigenvalue weighted by Gasteiger charge is -2.20. The maximum Gasteiger partial charge on any atom is 0.326 e. The lowest BCUT2D eigenvalue weighted by atomic mass is 9.99. The molecule has 0 rings (SSSR count). The van der Waals surface area contributed by atoms with Gasteiger partial charge in [-0.15, -0.1) is 0 Å². The van der Waals surface area contributed by atoms with Crippen molar-refractivity contribution < 1.29 is 19.5 Å². The molecule has 7 nitrogen and oxygen atoms in total. The van der Waals surface area contributed by atoms with Gasteiger partial charge in [0.15, 0.2) is 0 Å². The zero-order valence-electron chi connectivity index (χ0n) is 10.2. The highest BCUT2D eigenvalue weighted by Crippen LogP contribution is 2.07. The number of hydrogen-bond acceptors (Lipinski definition) is 3. The van der Waals surface area contributed by atoms with Crippen molar-refractivity contribution in [1.82, 2.24) is 16.0 Å². The molecule has 17 heavy (non-hydrogen) atoms. The van der Waals surface area contributed by atoms with Crippen molar-refractivity contribution in [3.63, 3.8) is 0 Å². The number of urea groups is 1. The summed E-state index contributed by atoms with van der Waals surface area (Å²) < 4.78 is 0. The fourth-order valence-corrected chi connectivity index (χ4v) is 1.12. The van der Waals surface area contributed by atoms with Gasteiger partial charge in [0.2, 0.25) is 5.91 Å². The van der Waals surface area contributed by atoms with Crippen molar-refractivity contribution >= 4 is 17.9 Å². The Bertz CT molecular complexity index is 293. The first kappa shape index (κ1) is 15.2. The van der Waals surface area contributed by atoms with Gasteiger partial charge >= 0.3 is 12.0 Å². The summed E-state index contributed by atoms with van der Waals surface area (Å²) >= 11 is 0. The molecule has 0 radical (unpaired) electrons. The molecule has 0 bridgehead atoms. The van der Waals surface area contributed by atoms with Gasteiger partial charge in [-0.2, -0.15) is 0 Å². The molecule has 0 aromatic rings. The van der Waals surface area contributed by atoms with Crippen LogP contribution in [0.5, 0.6) is 0 Å². The van der Waals surface area contributed by atoms with E-state index in [0.717, 1.165) is 0 Å². The van der Waals surface area contributed by atoms with Gasteiger partial charge in [-0.05, 0) is 5.92 Å². The average molecular weight is 245 g/mol. The van der Waals surface area contributed by atoms with Crippen molar-refractivity contribution in [3.05, 3.63) is 0 Å². The van der Waals surface area contributed by atoms with Crippen molar-refractivity contribution in [2.24, 2.45) is 5.92 Å². The van der Waals surface area contributed by atoms with Crippen molar-refractivity contribution in [1.29, 1.82) is 0 Å². The highest BCUT2D eigenvalue weighted by atomic mass is 16.4. The topological polar surface area (TPSA) is 108 Å². The Balaban J connectivity index is 4.22. The molecular formula is C10H19N3O4. The third kappa shape index (κ3) is 5.74. The Hall–Kier alpha value is -1.79. The Morgan fingerprint density at radius 2 is 1.88 bits per heavy atom. The molecule has 0 saturated carbocycles. The molecule has 7 heteroatoms. The number of amides is 3. The van der Waals surface area contributed by atoms with Gasteiger partial charge in [-0.3, -0.25) is 4.79 Å². The Kier molecular flexibility index (Phi) is 6.69. The Morgan fingerprint density at radius 1 is 1.29 bits per heavy atom. The van der Waals surface area contributed by atoms with Crippen molar-refractivity contribution in [2.75, 3.05) is 13.6 Å². The van der Waals surface area contributed by atoms with E-state index in [1.807, 2.05) is 6.92 Å². The first-order valence-corrected chi connectivity index (χ1v) is 5.40. The monoisotopic (exact) mass is 245 g/mol. The van der Waals surface area contributed by atoms with Crippen LogP contribution in [0.4, 0.5) is 4.79 Å². The lowest BCUT2D eigenvalue weighted by Crippen LogP contribution is -2.50. The number of likely N-dealkylation sites (N-methyl/N-ethyl adjacent to an activating group) is 1. The average Bonchev–Trinajstić information content (AvgIpc) is 2.31. The van der Waals surface area contributed by atoms with Crippen LogP contribution in [0.1, 0.15) is 20.3 Å². The minimum absolute atomic E-state index is 0.182. The molecule has 0 spiro atoms. The van der Waals surface area contributed by atoms with Gasteiger partial charge in [0.25, 0.3) is 0 Å². The number of nitrogens with one attached hydrogen (secondary N) is 3. The summed E-state index contributed by atoms with van der Waals surface area (Å²) in [6.07, 6.45) is 0.632. The van der Waals surface area contributed by atoms with Gasteiger partial charge in [0, 0.05) is 7.05 Å². The van der Waals surface area contributed by atoms with E-state index < -0.39 is 18.0 Å². The summed E-state index contributed by atoms with van der Waals surface area (Å²) in [5.74, 6) is -1.62. The summed E-state index contributed by atoms with van der Waals surface area (Å²) in [6.45, 7) is 3.39. The van der Waals surface area contributed by atoms with Crippen LogP contribution in [0.15, 0.2) is 0 Å². The summed E-state index contributed by atoms with van der Waals surface area (Å²) in [4.78, 5) is 33.1. The molecule has 4 N–H and O–H groups in total. The van der Waals surface area contributed by atoms with Crippen molar-refractivity contribution in [3.8, 4) is 0 Å². The second-order valence-corrected chi connectivity index (χ2v) is 3.70. The number of rotatable bonds is 6. The first-order chi connectivity index (χ1) is 7.92. The first-order valence-electron chi connectivity index (χ1n) is 5.40. The quantitative estimate of drug-likeness (QED) is 0.507. The molecule has 3 amide bonds. The van der Waals surface area contributed by atoms with Crippen LogP contribution in [-0.2, 0) is 9.59 Å². The predicted octanol–water partition coefficient (Wildman–Crippen LogP) is -0.469. The zero-order chi connectivity index (χ0) is 13.4. The SMILES string of the molecule is CC[C@H](C)[C@H](NC(=O)NCC(=O)NC)C(=O)O. The number of aliphatic carboxylic acids is 1. The van der Waals surface area contributed by atoms with Gasteiger partial charge in [0.05, 0.1) is 6.54 Å². The van der Waals surface area contributed by atoms with Gasteiger partial charge < -0.3 is 21.1 Å². The molecule has 0 fully saturated rings. The summed E-state index contributed by atoms with van der Waals surface area (Å²) in [7, 11) is 1.45. The van der Waals surface area contributed by atoms with E-state index in [4.69, 9.17) is 5.11 Å². The largest absolute Gasteiger partial charge is 0.480 e. The maximum absolute atomic E-state index is 11.3. The van der Waals surface area contributed by atoms with E-state index in [1.54, 1.807) is 6.92 Å². The van der Waals surface area contributed by atoms with Crippen molar-refractivity contribution in [2.45, 2.75) is 26.3 Å². The van der Waals surface area contributed by atoms with E-state index in [2.05, 4.69) is 16.0 Å².